The van der Waals surface area contributed by atoms with E-state index in [1.165, 1.54) is 12.1 Å². The lowest BCUT2D eigenvalue weighted by Crippen LogP contribution is -2.59. The van der Waals surface area contributed by atoms with Crippen LogP contribution in [-0.4, -0.2) is 55.5 Å². The summed E-state index contributed by atoms with van der Waals surface area (Å²) in [5.74, 6) is -0.604. The van der Waals surface area contributed by atoms with E-state index in [1.807, 2.05) is 4.90 Å². The molecule has 7 heteroatoms. The van der Waals surface area contributed by atoms with E-state index in [2.05, 4.69) is 10.2 Å². The summed E-state index contributed by atoms with van der Waals surface area (Å²) in [5, 5.41) is 3.26. The maximum atomic E-state index is 13.1. The van der Waals surface area contributed by atoms with Crippen molar-refractivity contribution in [3.05, 3.63) is 30.1 Å². The summed E-state index contributed by atoms with van der Waals surface area (Å²) in [7, 11) is 0. The number of anilines is 1. The molecule has 0 aliphatic carbocycles. The van der Waals surface area contributed by atoms with E-state index in [1.54, 1.807) is 12.1 Å². The number of piperidine rings is 1. The molecular weight excluding hydrogens is 311 g/mol. The molecule has 3 N–H and O–H groups in total. The molecule has 130 valence electrons. The summed E-state index contributed by atoms with van der Waals surface area (Å²) in [4.78, 5) is 27.9. The highest BCUT2D eigenvalue weighted by Crippen LogP contribution is 2.20. The van der Waals surface area contributed by atoms with Crippen molar-refractivity contribution in [2.75, 3.05) is 37.6 Å². The number of hydrogen-bond acceptors (Lipinski definition) is 4. The molecule has 0 spiro atoms. The maximum absolute atomic E-state index is 13.1. The number of rotatable bonds is 3. The molecule has 0 aromatic heterocycles. The number of benzene rings is 1. The third kappa shape index (κ3) is 3.67. The first-order valence-corrected chi connectivity index (χ1v) is 8.36. The number of nitrogens with one attached hydrogen (secondary N) is 1. The van der Waals surface area contributed by atoms with Crippen LogP contribution in [-0.2, 0) is 9.59 Å². The zero-order chi connectivity index (χ0) is 17.1. The first-order valence-electron chi connectivity index (χ1n) is 8.36. The van der Waals surface area contributed by atoms with Crippen molar-refractivity contribution < 1.29 is 14.0 Å². The second-order valence-electron chi connectivity index (χ2n) is 6.43. The van der Waals surface area contributed by atoms with Gasteiger partial charge in [0.25, 0.3) is 0 Å². The Morgan fingerprint density at radius 1 is 1.12 bits per heavy atom. The van der Waals surface area contributed by atoms with Gasteiger partial charge in [-0.3, -0.25) is 9.59 Å². The minimum absolute atomic E-state index is 0.0599. The fraction of sp³-hybridized carbons (Fsp3) is 0.529. The maximum Gasteiger partial charge on any atom is 0.241 e. The number of likely N-dealkylation sites (tertiary alicyclic amines) is 1. The number of hydrogen-bond donors (Lipinski definition) is 2. The number of piperazine rings is 1. The Bertz CT molecular complexity index is 599. The van der Waals surface area contributed by atoms with Crippen LogP contribution in [0.15, 0.2) is 24.3 Å². The van der Waals surface area contributed by atoms with Crippen molar-refractivity contribution in [1.82, 2.24) is 10.2 Å². The summed E-state index contributed by atoms with van der Waals surface area (Å²) in [6, 6.07) is 6.06. The van der Waals surface area contributed by atoms with Crippen LogP contribution in [0.2, 0.25) is 0 Å². The predicted octanol–water partition coefficient (Wildman–Crippen LogP) is 0.328. The Morgan fingerprint density at radius 3 is 2.42 bits per heavy atom. The molecule has 1 aromatic carbocycles. The van der Waals surface area contributed by atoms with Crippen LogP contribution >= 0.6 is 0 Å². The second kappa shape index (κ2) is 7.17. The molecule has 3 rings (SSSR count). The highest BCUT2D eigenvalue weighted by Gasteiger charge is 2.32. The molecular formula is C17H23FN4O2. The molecule has 6 nitrogen and oxygen atoms in total. The lowest BCUT2D eigenvalue weighted by atomic mass is 9.95. The molecule has 24 heavy (non-hydrogen) atoms. The van der Waals surface area contributed by atoms with Crippen molar-refractivity contribution >= 4 is 17.5 Å². The van der Waals surface area contributed by atoms with E-state index in [9.17, 15) is 14.0 Å². The van der Waals surface area contributed by atoms with E-state index < -0.39 is 0 Å². The summed E-state index contributed by atoms with van der Waals surface area (Å²) in [6.07, 6.45) is 1.27. The van der Waals surface area contributed by atoms with Gasteiger partial charge in [0.05, 0.1) is 0 Å². The average molecular weight is 334 g/mol. The standard InChI is InChI=1S/C17H23FN4O2/c18-13-1-3-14(4-2-13)22-10-7-20-15(11-22)17(24)21-8-5-12(6-9-21)16(19)23/h1-4,12,15,20H,5-11H2,(H2,19,23). The van der Waals surface area contributed by atoms with Gasteiger partial charge in [-0.1, -0.05) is 0 Å². The van der Waals surface area contributed by atoms with Crippen LogP contribution in [0.25, 0.3) is 0 Å². The van der Waals surface area contributed by atoms with Crippen LogP contribution in [0.3, 0.4) is 0 Å². The third-order valence-electron chi connectivity index (χ3n) is 4.87. The van der Waals surface area contributed by atoms with Gasteiger partial charge in [0.2, 0.25) is 11.8 Å². The van der Waals surface area contributed by atoms with Crippen LogP contribution < -0.4 is 16.0 Å². The number of halogens is 1. The number of nitrogens with zero attached hydrogens (tertiary/aromatic N) is 2. The smallest absolute Gasteiger partial charge is 0.241 e. The Balaban J connectivity index is 1.59. The normalized spacial score (nSPS) is 22.5. The topological polar surface area (TPSA) is 78.7 Å². The van der Waals surface area contributed by atoms with E-state index in [-0.39, 0.29) is 29.6 Å². The van der Waals surface area contributed by atoms with Crippen LogP contribution in [0.4, 0.5) is 10.1 Å². The van der Waals surface area contributed by atoms with E-state index in [0.29, 0.717) is 39.0 Å². The molecule has 1 aromatic rings. The highest BCUT2D eigenvalue weighted by molar-refractivity contribution is 5.83. The van der Waals surface area contributed by atoms with Gasteiger partial charge in [-0.15, -0.1) is 0 Å². The van der Waals surface area contributed by atoms with Crippen LogP contribution in [0, 0.1) is 11.7 Å². The average Bonchev–Trinajstić information content (AvgIpc) is 2.62. The first-order chi connectivity index (χ1) is 11.5. The molecule has 2 amide bonds. The van der Waals surface area contributed by atoms with Crippen molar-refractivity contribution in [2.24, 2.45) is 11.7 Å². The highest BCUT2D eigenvalue weighted by atomic mass is 19.1. The SMILES string of the molecule is NC(=O)C1CCN(C(=O)C2CN(c3ccc(F)cc3)CCN2)CC1. The molecule has 0 radical (unpaired) electrons. The number of carbonyl (C=O) groups excluding carboxylic acids is 2. The summed E-state index contributed by atoms with van der Waals surface area (Å²) < 4.78 is 13.1. The summed E-state index contributed by atoms with van der Waals surface area (Å²) in [6.45, 7) is 3.17. The van der Waals surface area contributed by atoms with E-state index >= 15 is 0 Å². The summed E-state index contributed by atoms with van der Waals surface area (Å²) in [5.41, 5.74) is 6.26. The quantitative estimate of drug-likeness (QED) is 0.835. The Hall–Kier alpha value is -2.15. The molecule has 0 saturated carbocycles. The molecule has 2 aliphatic rings. The number of primary amides is 1. The van der Waals surface area contributed by atoms with Gasteiger partial charge >= 0.3 is 0 Å². The van der Waals surface area contributed by atoms with Gasteiger partial charge in [0, 0.05) is 44.3 Å². The zero-order valence-corrected chi connectivity index (χ0v) is 13.6. The summed E-state index contributed by atoms with van der Waals surface area (Å²) >= 11 is 0. The van der Waals surface area contributed by atoms with Gasteiger partial charge in [-0.25, -0.2) is 4.39 Å². The van der Waals surface area contributed by atoms with Gasteiger partial charge in [-0.2, -0.15) is 0 Å². The number of amides is 2. The fourth-order valence-corrected chi connectivity index (χ4v) is 3.41. The van der Waals surface area contributed by atoms with Crippen molar-refractivity contribution in [2.45, 2.75) is 18.9 Å². The molecule has 2 saturated heterocycles. The number of nitrogens with two attached hydrogens (primary N) is 1. The Morgan fingerprint density at radius 2 is 1.79 bits per heavy atom. The van der Waals surface area contributed by atoms with Gasteiger partial charge in [-0.05, 0) is 37.1 Å². The van der Waals surface area contributed by atoms with Crippen molar-refractivity contribution in [3.63, 3.8) is 0 Å². The number of carbonyl (C=O) groups is 2. The Kier molecular flexibility index (Phi) is 4.99. The van der Waals surface area contributed by atoms with Crippen LogP contribution in [0.1, 0.15) is 12.8 Å². The van der Waals surface area contributed by atoms with Crippen molar-refractivity contribution in [1.29, 1.82) is 0 Å². The Labute approximate surface area is 140 Å². The molecule has 2 aliphatic heterocycles. The van der Waals surface area contributed by atoms with E-state index in [0.717, 1.165) is 12.2 Å². The molecule has 2 fully saturated rings. The minimum atomic E-state index is -0.283. The fourth-order valence-electron chi connectivity index (χ4n) is 3.41. The van der Waals surface area contributed by atoms with Gasteiger partial charge in [0.1, 0.15) is 11.9 Å². The van der Waals surface area contributed by atoms with Crippen LogP contribution in [0.5, 0.6) is 0 Å². The molecule has 1 unspecified atom stereocenters. The largest absolute Gasteiger partial charge is 0.369 e. The molecule has 2 heterocycles. The van der Waals surface area contributed by atoms with Crippen molar-refractivity contribution in [3.8, 4) is 0 Å². The zero-order valence-electron chi connectivity index (χ0n) is 13.6. The molecule has 1 atom stereocenters. The minimum Gasteiger partial charge on any atom is -0.369 e. The lowest BCUT2D eigenvalue weighted by Gasteiger charge is -2.38. The van der Waals surface area contributed by atoms with E-state index in [4.69, 9.17) is 5.73 Å². The first kappa shape index (κ1) is 16.7. The monoisotopic (exact) mass is 334 g/mol. The third-order valence-corrected chi connectivity index (χ3v) is 4.87. The lowest BCUT2D eigenvalue weighted by molar-refractivity contribution is -0.136. The predicted molar refractivity (Wildman–Crippen MR) is 88.9 cm³/mol. The molecule has 0 bridgehead atoms. The van der Waals surface area contributed by atoms with Gasteiger partial charge < -0.3 is 20.9 Å². The second-order valence-corrected chi connectivity index (χ2v) is 6.43. The van der Waals surface area contributed by atoms with Gasteiger partial charge in [0.15, 0.2) is 0 Å².